The summed E-state index contributed by atoms with van der Waals surface area (Å²) in [7, 11) is 0. The zero-order valence-electron chi connectivity index (χ0n) is 19.6. The molecule has 0 spiro atoms. The lowest BCUT2D eigenvalue weighted by Gasteiger charge is -2.32. The molecule has 2 aromatic carbocycles. The summed E-state index contributed by atoms with van der Waals surface area (Å²) >= 11 is 0. The van der Waals surface area contributed by atoms with Crippen LogP contribution in [0.25, 0.3) is 0 Å². The summed E-state index contributed by atoms with van der Waals surface area (Å²) in [5, 5.41) is 2.95. The SMILES string of the molecule is Cc1ccc(C(=O)NCCOc2ccccc2)c(C2CCN(C(=O)Cc3ccccc3)CC2)n1. The van der Waals surface area contributed by atoms with Gasteiger partial charge in [-0.15, -0.1) is 0 Å². The van der Waals surface area contributed by atoms with Crippen LogP contribution in [0.3, 0.4) is 0 Å². The molecule has 0 bridgehead atoms. The average molecular weight is 458 g/mol. The molecule has 34 heavy (non-hydrogen) atoms. The number of piperidine rings is 1. The summed E-state index contributed by atoms with van der Waals surface area (Å²) < 4.78 is 5.67. The Morgan fingerprint density at radius 1 is 0.971 bits per heavy atom. The average Bonchev–Trinajstić information content (AvgIpc) is 2.88. The third kappa shape index (κ3) is 6.22. The lowest BCUT2D eigenvalue weighted by molar-refractivity contribution is -0.131. The van der Waals surface area contributed by atoms with E-state index in [1.807, 2.05) is 84.6 Å². The van der Waals surface area contributed by atoms with E-state index in [1.165, 1.54) is 0 Å². The van der Waals surface area contributed by atoms with Gasteiger partial charge in [0.25, 0.3) is 5.91 Å². The van der Waals surface area contributed by atoms with Crippen LogP contribution in [0.2, 0.25) is 0 Å². The van der Waals surface area contributed by atoms with Gasteiger partial charge in [-0.05, 0) is 49.6 Å². The normalized spacial score (nSPS) is 14.0. The van der Waals surface area contributed by atoms with Crippen LogP contribution >= 0.6 is 0 Å². The molecule has 0 atom stereocenters. The molecule has 0 saturated carbocycles. The topological polar surface area (TPSA) is 71.5 Å². The fourth-order valence-electron chi connectivity index (χ4n) is 4.31. The molecule has 0 unspecified atom stereocenters. The number of rotatable bonds is 8. The first-order valence-electron chi connectivity index (χ1n) is 11.9. The van der Waals surface area contributed by atoms with E-state index >= 15 is 0 Å². The van der Waals surface area contributed by atoms with Crippen molar-refractivity contribution in [3.8, 4) is 5.75 Å². The third-order valence-electron chi connectivity index (χ3n) is 6.14. The zero-order valence-corrected chi connectivity index (χ0v) is 19.6. The molecular formula is C28H31N3O3. The summed E-state index contributed by atoms with van der Waals surface area (Å²) in [5.74, 6) is 0.949. The minimum absolute atomic E-state index is 0.137. The van der Waals surface area contributed by atoms with Crippen molar-refractivity contribution in [3.63, 3.8) is 0 Å². The van der Waals surface area contributed by atoms with Crippen molar-refractivity contribution in [2.75, 3.05) is 26.2 Å². The molecule has 2 heterocycles. The molecular weight excluding hydrogens is 426 g/mol. The molecule has 4 rings (SSSR count). The van der Waals surface area contributed by atoms with Crippen LogP contribution in [0.4, 0.5) is 0 Å². The van der Waals surface area contributed by atoms with Gasteiger partial charge in [-0.25, -0.2) is 0 Å². The van der Waals surface area contributed by atoms with Gasteiger partial charge >= 0.3 is 0 Å². The highest BCUT2D eigenvalue weighted by molar-refractivity contribution is 5.95. The van der Waals surface area contributed by atoms with E-state index < -0.39 is 0 Å². The van der Waals surface area contributed by atoms with E-state index in [-0.39, 0.29) is 17.7 Å². The smallest absolute Gasteiger partial charge is 0.253 e. The monoisotopic (exact) mass is 457 g/mol. The number of nitrogens with zero attached hydrogens (tertiary/aromatic N) is 2. The standard InChI is InChI=1S/C28H31N3O3/c1-21-12-13-25(28(33)29-16-19-34-24-10-6-3-7-11-24)27(30-21)23-14-17-31(18-15-23)26(32)20-22-8-4-2-5-9-22/h2-13,23H,14-20H2,1H3,(H,29,33). The molecule has 1 aliphatic heterocycles. The number of carbonyl (C=O) groups is 2. The van der Waals surface area contributed by atoms with Gasteiger partial charge in [-0.1, -0.05) is 48.5 Å². The number of aromatic nitrogens is 1. The van der Waals surface area contributed by atoms with E-state index in [4.69, 9.17) is 9.72 Å². The van der Waals surface area contributed by atoms with Crippen LogP contribution in [0.1, 0.15) is 46.1 Å². The number of carbonyl (C=O) groups excluding carboxylic acids is 2. The van der Waals surface area contributed by atoms with E-state index in [2.05, 4.69) is 5.32 Å². The number of likely N-dealkylation sites (tertiary alicyclic amines) is 1. The Morgan fingerprint density at radius 3 is 2.35 bits per heavy atom. The van der Waals surface area contributed by atoms with Gasteiger partial charge in [-0.3, -0.25) is 14.6 Å². The van der Waals surface area contributed by atoms with Crippen molar-refractivity contribution in [2.24, 2.45) is 0 Å². The number of amides is 2. The van der Waals surface area contributed by atoms with Crippen molar-refractivity contribution in [1.82, 2.24) is 15.2 Å². The Labute approximate surface area is 201 Å². The van der Waals surface area contributed by atoms with E-state index in [9.17, 15) is 9.59 Å². The summed E-state index contributed by atoms with van der Waals surface area (Å²) in [5.41, 5.74) is 3.36. The Kier molecular flexibility index (Phi) is 7.91. The van der Waals surface area contributed by atoms with Gasteiger partial charge in [0.2, 0.25) is 5.91 Å². The van der Waals surface area contributed by atoms with Crippen LogP contribution < -0.4 is 10.1 Å². The first-order valence-corrected chi connectivity index (χ1v) is 11.9. The lowest BCUT2D eigenvalue weighted by atomic mass is 9.89. The Hall–Kier alpha value is -3.67. The molecule has 0 aliphatic carbocycles. The molecule has 3 aromatic rings. The van der Waals surface area contributed by atoms with Crippen LogP contribution in [0.15, 0.2) is 72.8 Å². The van der Waals surface area contributed by atoms with Gasteiger partial charge in [0.05, 0.1) is 24.2 Å². The third-order valence-corrected chi connectivity index (χ3v) is 6.14. The molecule has 1 saturated heterocycles. The second-order valence-electron chi connectivity index (χ2n) is 8.62. The number of pyridine rings is 1. The minimum atomic E-state index is -0.137. The number of aryl methyl sites for hydroxylation is 1. The first-order chi connectivity index (χ1) is 16.6. The summed E-state index contributed by atoms with van der Waals surface area (Å²) in [6.07, 6.45) is 2.02. The molecule has 1 aromatic heterocycles. The van der Waals surface area contributed by atoms with Crippen LogP contribution in [-0.4, -0.2) is 47.9 Å². The van der Waals surface area contributed by atoms with E-state index in [0.29, 0.717) is 38.2 Å². The number of hydrogen-bond donors (Lipinski definition) is 1. The highest BCUT2D eigenvalue weighted by Crippen LogP contribution is 2.29. The number of para-hydroxylation sites is 1. The first kappa shape index (κ1) is 23.5. The molecule has 0 radical (unpaired) electrons. The van der Waals surface area contributed by atoms with Gasteiger partial charge < -0.3 is 15.0 Å². The maximum atomic E-state index is 12.9. The zero-order chi connectivity index (χ0) is 23.8. The maximum absolute atomic E-state index is 12.9. The predicted octanol–water partition coefficient (Wildman–Crippen LogP) is 4.15. The van der Waals surface area contributed by atoms with E-state index in [0.717, 1.165) is 35.5 Å². The van der Waals surface area contributed by atoms with Crippen molar-refractivity contribution in [1.29, 1.82) is 0 Å². The molecule has 6 heteroatoms. The van der Waals surface area contributed by atoms with Crippen molar-refractivity contribution in [2.45, 2.75) is 32.1 Å². The van der Waals surface area contributed by atoms with E-state index in [1.54, 1.807) is 0 Å². The fourth-order valence-corrected chi connectivity index (χ4v) is 4.31. The van der Waals surface area contributed by atoms with Crippen LogP contribution in [0.5, 0.6) is 5.75 Å². The number of ether oxygens (including phenoxy) is 1. The molecule has 2 amide bonds. The second-order valence-corrected chi connectivity index (χ2v) is 8.62. The van der Waals surface area contributed by atoms with Crippen molar-refractivity contribution < 1.29 is 14.3 Å². The predicted molar refractivity (Wildman–Crippen MR) is 132 cm³/mol. The molecule has 176 valence electrons. The summed E-state index contributed by atoms with van der Waals surface area (Å²) in [6.45, 7) is 4.10. The second kappa shape index (κ2) is 11.5. The fraction of sp³-hybridized carbons (Fsp3) is 0.321. The van der Waals surface area contributed by atoms with Crippen LogP contribution in [-0.2, 0) is 11.2 Å². The summed E-state index contributed by atoms with van der Waals surface area (Å²) in [4.78, 5) is 32.3. The molecule has 1 fully saturated rings. The Bertz CT molecular complexity index is 1090. The van der Waals surface area contributed by atoms with Gasteiger partial charge in [0.15, 0.2) is 0 Å². The van der Waals surface area contributed by atoms with Gasteiger partial charge in [0, 0.05) is 24.7 Å². The Balaban J connectivity index is 1.32. The highest BCUT2D eigenvalue weighted by Gasteiger charge is 2.27. The molecule has 1 aliphatic rings. The maximum Gasteiger partial charge on any atom is 0.253 e. The quantitative estimate of drug-likeness (QED) is 0.516. The minimum Gasteiger partial charge on any atom is -0.492 e. The van der Waals surface area contributed by atoms with Crippen molar-refractivity contribution >= 4 is 11.8 Å². The summed E-state index contributed by atoms with van der Waals surface area (Å²) in [6, 6.07) is 23.1. The Morgan fingerprint density at radius 2 is 1.65 bits per heavy atom. The molecule has 6 nitrogen and oxygen atoms in total. The largest absolute Gasteiger partial charge is 0.492 e. The van der Waals surface area contributed by atoms with Gasteiger partial charge in [0.1, 0.15) is 12.4 Å². The van der Waals surface area contributed by atoms with Crippen molar-refractivity contribution in [3.05, 3.63) is 95.3 Å². The van der Waals surface area contributed by atoms with Gasteiger partial charge in [-0.2, -0.15) is 0 Å². The number of hydrogen-bond acceptors (Lipinski definition) is 4. The number of benzene rings is 2. The molecule has 1 N–H and O–H groups in total. The van der Waals surface area contributed by atoms with Crippen LogP contribution in [0, 0.1) is 6.92 Å². The highest BCUT2D eigenvalue weighted by atomic mass is 16.5. The lowest BCUT2D eigenvalue weighted by Crippen LogP contribution is -2.39. The number of nitrogens with one attached hydrogen (secondary N) is 1.